The van der Waals surface area contributed by atoms with Gasteiger partial charge in [-0.25, -0.2) is 4.79 Å². The van der Waals surface area contributed by atoms with Gasteiger partial charge < -0.3 is 14.5 Å². The van der Waals surface area contributed by atoms with Crippen molar-refractivity contribution >= 4 is 34.4 Å². The van der Waals surface area contributed by atoms with E-state index in [1.54, 1.807) is 6.07 Å². The van der Waals surface area contributed by atoms with E-state index < -0.39 is 35.2 Å². The number of non-ortho nitro benzene ring substituents is 1. The summed E-state index contributed by atoms with van der Waals surface area (Å²) in [5.41, 5.74) is 2.45. The van der Waals surface area contributed by atoms with Crippen LogP contribution in [0.15, 0.2) is 45.6 Å². The van der Waals surface area contributed by atoms with E-state index in [1.165, 1.54) is 19.1 Å². The second kappa shape index (κ2) is 8.19. The first-order valence-corrected chi connectivity index (χ1v) is 9.01. The molecule has 1 atom stereocenters. The average molecular weight is 413 g/mol. The van der Waals surface area contributed by atoms with Crippen molar-refractivity contribution in [2.75, 3.05) is 5.32 Å². The first kappa shape index (κ1) is 20.8. The number of aryl methyl sites for hydroxylation is 2. The van der Waals surface area contributed by atoms with Crippen molar-refractivity contribution in [1.29, 1.82) is 0 Å². The summed E-state index contributed by atoms with van der Waals surface area (Å²) in [6, 6.07) is 9.11. The van der Waals surface area contributed by atoms with Crippen molar-refractivity contribution in [2.45, 2.75) is 33.4 Å². The Morgan fingerprint density at radius 2 is 1.97 bits per heavy atom. The van der Waals surface area contributed by atoms with Gasteiger partial charge in [0.05, 0.1) is 16.5 Å². The fourth-order valence-corrected chi connectivity index (χ4v) is 2.92. The van der Waals surface area contributed by atoms with Gasteiger partial charge in [0.15, 0.2) is 11.7 Å². The van der Waals surface area contributed by atoms with Gasteiger partial charge in [0, 0.05) is 11.8 Å². The Morgan fingerprint density at radius 3 is 2.63 bits per heavy atom. The summed E-state index contributed by atoms with van der Waals surface area (Å²) in [4.78, 5) is 46.8. The number of nitrogens with zero attached hydrogens (tertiary/aromatic N) is 2. The normalized spacial score (nSPS) is 11.8. The fourth-order valence-electron chi connectivity index (χ4n) is 2.92. The van der Waals surface area contributed by atoms with Crippen molar-refractivity contribution in [2.24, 2.45) is 0 Å². The van der Waals surface area contributed by atoms with Gasteiger partial charge in [-0.3, -0.25) is 24.3 Å². The van der Waals surface area contributed by atoms with Gasteiger partial charge in [-0.2, -0.15) is 0 Å². The smallest absolute Gasteiger partial charge is 0.420 e. The SMILES string of the molecule is Cc1ccc(NC(=O)[C@H](C)OC(=O)Cn2c(=O)oc3cc([N+](=O)[O-])ccc32)c(C)c1. The highest BCUT2D eigenvalue weighted by Gasteiger charge is 2.21. The van der Waals surface area contributed by atoms with E-state index in [2.05, 4.69) is 5.32 Å². The molecule has 0 aliphatic carbocycles. The minimum Gasteiger partial charge on any atom is -0.451 e. The van der Waals surface area contributed by atoms with Crippen LogP contribution in [0, 0.1) is 24.0 Å². The number of nitrogens with one attached hydrogen (secondary N) is 1. The third-order valence-corrected chi connectivity index (χ3v) is 4.47. The van der Waals surface area contributed by atoms with E-state index in [4.69, 9.17) is 9.15 Å². The molecule has 10 heteroatoms. The number of rotatable bonds is 6. The summed E-state index contributed by atoms with van der Waals surface area (Å²) in [6.45, 7) is 4.68. The molecule has 1 amide bonds. The Morgan fingerprint density at radius 1 is 1.23 bits per heavy atom. The summed E-state index contributed by atoms with van der Waals surface area (Å²) >= 11 is 0. The number of carbonyl (C=O) groups is 2. The number of aromatic nitrogens is 1. The molecule has 0 spiro atoms. The number of nitro groups is 1. The van der Waals surface area contributed by atoms with Crippen LogP contribution in [0.4, 0.5) is 11.4 Å². The summed E-state index contributed by atoms with van der Waals surface area (Å²) < 4.78 is 11.1. The lowest BCUT2D eigenvalue weighted by atomic mass is 10.1. The first-order valence-electron chi connectivity index (χ1n) is 9.01. The summed E-state index contributed by atoms with van der Waals surface area (Å²) in [7, 11) is 0. The van der Waals surface area contributed by atoms with Crippen molar-refractivity contribution in [3.63, 3.8) is 0 Å². The van der Waals surface area contributed by atoms with E-state index in [0.29, 0.717) is 5.69 Å². The van der Waals surface area contributed by atoms with Crippen LogP contribution in [0.25, 0.3) is 11.1 Å². The molecule has 0 aliphatic heterocycles. The molecular formula is C20H19N3O7. The Balaban J connectivity index is 1.69. The molecule has 3 rings (SSSR count). The Bertz CT molecular complexity index is 1210. The van der Waals surface area contributed by atoms with E-state index in [1.807, 2.05) is 26.0 Å². The van der Waals surface area contributed by atoms with Gasteiger partial charge in [0.1, 0.15) is 6.54 Å². The highest BCUT2D eigenvalue weighted by Crippen LogP contribution is 2.20. The van der Waals surface area contributed by atoms with Gasteiger partial charge in [0.2, 0.25) is 0 Å². The zero-order valence-corrected chi connectivity index (χ0v) is 16.5. The first-order chi connectivity index (χ1) is 14.2. The third-order valence-electron chi connectivity index (χ3n) is 4.47. The van der Waals surface area contributed by atoms with Gasteiger partial charge >= 0.3 is 11.7 Å². The molecule has 30 heavy (non-hydrogen) atoms. The predicted octanol–water partition coefficient (Wildman–Crippen LogP) is 2.69. The van der Waals surface area contributed by atoms with Gasteiger partial charge in [-0.1, -0.05) is 17.7 Å². The maximum Gasteiger partial charge on any atom is 0.420 e. The molecule has 0 fully saturated rings. The van der Waals surface area contributed by atoms with Crippen LogP contribution >= 0.6 is 0 Å². The molecule has 2 aromatic carbocycles. The lowest BCUT2D eigenvalue weighted by Crippen LogP contribution is -2.32. The lowest BCUT2D eigenvalue weighted by molar-refractivity contribution is -0.384. The molecule has 1 aromatic heterocycles. The van der Waals surface area contributed by atoms with Gasteiger partial charge in [-0.05, 0) is 38.5 Å². The van der Waals surface area contributed by atoms with Crippen LogP contribution in [0.2, 0.25) is 0 Å². The Kier molecular flexibility index (Phi) is 5.67. The van der Waals surface area contributed by atoms with Crippen LogP contribution < -0.4 is 11.1 Å². The molecule has 0 unspecified atom stereocenters. The number of benzene rings is 2. The second-order valence-electron chi connectivity index (χ2n) is 6.80. The van der Waals surface area contributed by atoms with E-state index in [0.717, 1.165) is 21.8 Å². The number of anilines is 1. The predicted molar refractivity (Wildman–Crippen MR) is 107 cm³/mol. The zero-order valence-electron chi connectivity index (χ0n) is 16.5. The molecule has 0 saturated carbocycles. The number of esters is 1. The molecule has 0 saturated heterocycles. The Hall–Kier alpha value is -3.95. The van der Waals surface area contributed by atoms with Gasteiger partial charge in [-0.15, -0.1) is 0 Å². The molecule has 0 bridgehead atoms. The molecular weight excluding hydrogens is 394 g/mol. The second-order valence-corrected chi connectivity index (χ2v) is 6.80. The number of fused-ring (bicyclic) bond motifs is 1. The van der Waals surface area contributed by atoms with Gasteiger partial charge in [0.25, 0.3) is 11.6 Å². The van der Waals surface area contributed by atoms with Crippen LogP contribution in [0.3, 0.4) is 0 Å². The number of carbonyl (C=O) groups excluding carboxylic acids is 2. The molecule has 1 heterocycles. The van der Waals surface area contributed by atoms with E-state index >= 15 is 0 Å². The van der Waals surface area contributed by atoms with Crippen LogP contribution in [-0.2, 0) is 20.9 Å². The van der Waals surface area contributed by atoms with Crippen LogP contribution in [0.5, 0.6) is 0 Å². The standard InChI is InChI=1S/C20H19N3O7/c1-11-4-6-15(12(2)8-11)21-19(25)13(3)29-18(24)10-22-16-7-5-14(23(27)28)9-17(16)30-20(22)26/h4-9,13H,10H2,1-3H3,(H,21,25)/t13-/m0/s1. The number of nitro benzene ring substituents is 1. The summed E-state index contributed by atoms with van der Waals surface area (Å²) in [5, 5.41) is 13.5. The third kappa shape index (κ3) is 4.37. The van der Waals surface area contributed by atoms with E-state index in [-0.39, 0.29) is 16.8 Å². The van der Waals surface area contributed by atoms with Crippen molar-refractivity contribution in [1.82, 2.24) is 4.57 Å². The molecule has 3 aromatic rings. The molecule has 10 nitrogen and oxygen atoms in total. The lowest BCUT2D eigenvalue weighted by Gasteiger charge is -2.15. The number of hydrogen-bond donors (Lipinski definition) is 1. The zero-order chi connectivity index (χ0) is 22.0. The largest absolute Gasteiger partial charge is 0.451 e. The van der Waals surface area contributed by atoms with Crippen molar-refractivity contribution in [3.8, 4) is 0 Å². The van der Waals surface area contributed by atoms with Crippen molar-refractivity contribution in [3.05, 3.63) is 68.2 Å². The maximum atomic E-state index is 12.3. The highest BCUT2D eigenvalue weighted by molar-refractivity contribution is 5.95. The minimum atomic E-state index is -1.10. The number of amides is 1. The molecule has 0 radical (unpaired) electrons. The minimum absolute atomic E-state index is 0.0253. The molecule has 1 N–H and O–H groups in total. The van der Waals surface area contributed by atoms with Crippen molar-refractivity contribution < 1.29 is 23.7 Å². The quantitative estimate of drug-likeness (QED) is 0.373. The van der Waals surface area contributed by atoms with E-state index in [9.17, 15) is 24.5 Å². The average Bonchev–Trinajstić information content (AvgIpc) is 2.98. The number of hydrogen-bond acceptors (Lipinski definition) is 7. The summed E-state index contributed by atoms with van der Waals surface area (Å²) in [6.07, 6.45) is -1.10. The summed E-state index contributed by atoms with van der Waals surface area (Å²) in [5.74, 6) is -2.22. The van der Waals surface area contributed by atoms with Crippen LogP contribution in [0.1, 0.15) is 18.1 Å². The Labute approximate surface area is 170 Å². The monoisotopic (exact) mass is 413 g/mol. The number of oxazole rings is 1. The highest BCUT2D eigenvalue weighted by atomic mass is 16.6. The molecule has 156 valence electrons. The maximum absolute atomic E-state index is 12.3. The number of ether oxygens (including phenoxy) is 1. The topological polar surface area (TPSA) is 134 Å². The fraction of sp³-hybridized carbons (Fsp3) is 0.250. The molecule has 0 aliphatic rings. The van der Waals surface area contributed by atoms with Crippen LogP contribution in [-0.4, -0.2) is 27.5 Å².